The van der Waals surface area contributed by atoms with Gasteiger partial charge < -0.3 is 25.2 Å². The molecule has 1 rings (SSSR count). The molecule has 0 radical (unpaired) electrons. The Morgan fingerprint density at radius 2 is 1.86 bits per heavy atom. The fourth-order valence-electron chi connectivity index (χ4n) is 1.19. The van der Waals surface area contributed by atoms with E-state index in [1.165, 1.54) is 0 Å². The van der Waals surface area contributed by atoms with Crippen LogP contribution in [0.4, 0.5) is 0 Å². The maximum Gasteiger partial charge on any atom is 0.200 e. The second kappa shape index (κ2) is 5.52. The van der Waals surface area contributed by atoms with Crippen molar-refractivity contribution in [1.29, 1.82) is 0 Å². The number of thiol groups is 1. The quantitative estimate of drug-likeness (QED) is 0.229. The molecule has 1 aliphatic heterocycles. The minimum Gasteiger partial charge on any atom is -0.394 e. The molecule has 6 nitrogen and oxygen atoms in total. The summed E-state index contributed by atoms with van der Waals surface area (Å²) in [7, 11) is 0. The van der Waals surface area contributed by atoms with E-state index in [4.69, 9.17) is 14.0 Å². The minimum atomic E-state index is -1.41. The van der Waals surface area contributed by atoms with Crippen LogP contribution in [0.1, 0.15) is 0 Å². The molecular weight excluding hydrogens is 232 g/mol. The second-order valence-corrected chi connectivity index (χ2v) is 3.66. The Morgan fingerprint density at radius 1 is 1.21 bits per heavy atom. The Hall–Kier alpha value is 0.460. The summed E-state index contributed by atoms with van der Waals surface area (Å²) < 4.78 is 9.74. The van der Waals surface area contributed by atoms with Gasteiger partial charge in [0.1, 0.15) is 24.4 Å². The third-order valence-electron chi connectivity index (χ3n) is 1.99. The topological polar surface area (TPSA) is 99.4 Å². The summed E-state index contributed by atoms with van der Waals surface area (Å²) in [6.45, 7) is -0.470. The van der Waals surface area contributed by atoms with Crippen LogP contribution in [0.2, 0.25) is 0 Å². The smallest absolute Gasteiger partial charge is 0.200 e. The van der Waals surface area contributed by atoms with Crippen LogP contribution in [0.3, 0.4) is 0 Å². The van der Waals surface area contributed by atoms with Crippen LogP contribution in [0.25, 0.3) is 0 Å². The van der Waals surface area contributed by atoms with Crippen molar-refractivity contribution in [2.45, 2.75) is 30.7 Å². The Morgan fingerprint density at radius 3 is 2.36 bits per heavy atom. The molecule has 1 aliphatic rings. The Labute approximate surface area is 89.8 Å². The predicted molar refractivity (Wildman–Crippen MR) is 51.4 cm³/mol. The van der Waals surface area contributed by atoms with E-state index < -0.39 is 37.3 Å². The number of hydrogen-bond acceptors (Lipinski definition) is 8. The first-order valence-corrected chi connectivity index (χ1v) is 5.68. The molecule has 0 aliphatic carbocycles. The summed E-state index contributed by atoms with van der Waals surface area (Å²) in [5, 5.41) is 36.8. The van der Waals surface area contributed by atoms with Crippen LogP contribution >= 0.6 is 22.7 Å². The molecule has 0 aromatic heterocycles. The average molecular weight is 244 g/mol. The van der Waals surface area contributed by atoms with Crippen molar-refractivity contribution in [2.24, 2.45) is 0 Å². The fraction of sp³-hybridized carbons (Fsp3) is 1.00. The van der Waals surface area contributed by atoms with Gasteiger partial charge in [-0.2, -0.15) is 0 Å². The van der Waals surface area contributed by atoms with Gasteiger partial charge in [0.05, 0.1) is 17.7 Å². The summed E-state index contributed by atoms with van der Waals surface area (Å²) in [5.74, 6) is 0. The van der Waals surface area contributed by atoms with E-state index in [9.17, 15) is 15.3 Å². The van der Waals surface area contributed by atoms with Crippen LogP contribution in [-0.4, -0.2) is 57.7 Å². The number of aliphatic hydroxyl groups excluding tert-OH is 4. The third kappa shape index (κ3) is 2.52. The molecule has 5 unspecified atom stereocenters. The zero-order valence-corrected chi connectivity index (χ0v) is 8.77. The molecule has 0 amide bonds. The molecule has 0 aromatic rings. The van der Waals surface area contributed by atoms with Gasteiger partial charge in [-0.05, 0) is 0 Å². The van der Waals surface area contributed by atoms with Crippen molar-refractivity contribution >= 4 is 22.7 Å². The van der Waals surface area contributed by atoms with Gasteiger partial charge in [-0.25, -0.2) is 0 Å². The zero-order valence-electron chi connectivity index (χ0n) is 7.05. The second-order valence-electron chi connectivity index (χ2n) is 2.87. The Balaban J connectivity index is 2.63. The molecule has 84 valence electrons. The number of aliphatic hydroxyl groups is 4. The van der Waals surface area contributed by atoms with Gasteiger partial charge in [0, 0.05) is 0 Å². The maximum absolute atomic E-state index is 9.36. The minimum absolute atomic E-state index is 0.470. The molecular formula is C6H12O6S2. The van der Waals surface area contributed by atoms with Crippen LogP contribution in [0.5, 0.6) is 0 Å². The van der Waals surface area contributed by atoms with Crippen LogP contribution in [0.15, 0.2) is 0 Å². The third-order valence-corrected chi connectivity index (χ3v) is 2.52. The van der Waals surface area contributed by atoms with E-state index >= 15 is 0 Å². The van der Waals surface area contributed by atoms with E-state index in [1.54, 1.807) is 0 Å². The first kappa shape index (κ1) is 12.5. The largest absolute Gasteiger partial charge is 0.394 e. The van der Waals surface area contributed by atoms with E-state index in [0.29, 0.717) is 11.1 Å². The number of rotatable bonds is 3. The van der Waals surface area contributed by atoms with Gasteiger partial charge in [0.15, 0.2) is 0 Å². The molecule has 0 saturated carbocycles. The lowest BCUT2D eigenvalue weighted by Crippen LogP contribution is -2.58. The van der Waals surface area contributed by atoms with E-state index in [2.05, 4.69) is 11.7 Å². The number of ether oxygens (including phenoxy) is 1. The monoisotopic (exact) mass is 244 g/mol. The van der Waals surface area contributed by atoms with Crippen molar-refractivity contribution in [3.8, 4) is 0 Å². The molecule has 5 atom stereocenters. The first-order valence-electron chi connectivity index (χ1n) is 3.89. The van der Waals surface area contributed by atoms with Crippen LogP contribution < -0.4 is 0 Å². The summed E-state index contributed by atoms with van der Waals surface area (Å²) in [6.07, 6.45) is -6.20. The summed E-state index contributed by atoms with van der Waals surface area (Å²) in [4.78, 5) is 0. The highest BCUT2D eigenvalue weighted by Crippen LogP contribution is 2.25. The van der Waals surface area contributed by atoms with Gasteiger partial charge in [-0.1, -0.05) is 11.7 Å². The molecule has 1 heterocycles. The fourth-order valence-corrected chi connectivity index (χ4v) is 1.69. The van der Waals surface area contributed by atoms with E-state index in [-0.39, 0.29) is 0 Å². The highest BCUT2D eigenvalue weighted by Gasteiger charge is 2.44. The molecule has 14 heavy (non-hydrogen) atoms. The van der Waals surface area contributed by atoms with Crippen molar-refractivity contribution in [3.63, 3.8) is 0 Å². The molecule has 0 bridgehead atoms. The Bertz CT molecular complexity index is 178. The van der Waals surface area contributed by atoms with Crippen LogP contribution in [0, 0.1) is 0 Å². The van der Waals surface area contributed by atoms with Crippen LogP contribution in [-0.2, 0) is 8.92 Å². The lowest BCUT2D eigenvalue weighted by atomic mass is 10.00. The van der Waals surface area contributed by atoms with Crippen molar-refractivity contribution in [3.05, 3.63) is 0 Å². The number of hydrogen-bond donors (Lipinski definition) is 5. The van der Waals surface area contributed by atoms with E-state index in [0.717, 1.165) is 0 Å². The lowest BCUT2D eigenvalue weighted by molar-refractivity contribution is -0.274. The predicted octanol–water partition coefficient (Wildman–Crippen LogP) is -1.70. The Kier molecular flexibility index (Phi) is 4.94. The molecule has 1 saturated heterocycles. The van der Waals surface area contributed by atoms with Crippen molar-refractivity contribution < 1.29 is 29.3 Å². The molecule has 1 fully saturated rings. The summed E-state index contributed by atoms with van der Waals surface area (Å²) in [6, 6.07) is 0. The SMILES string of the molecule is OCC1OC(OSS)C(O)C(O)C1O. The summed E-state index contributed by atoms with van der Waals surface area (Å²) >= 11 is 4.34. The highest BCUT2D eigenvalue weighted by molar-refractivity contribution is 8.66. The van der Waals surface area contributed by atoms with E-state index in [1.807, 2.05) is 0 Å². The van der Waals surface area contributed by atoms with Gasteiger partial charge in [-0.3, -0.25) is 4.18 Å². The normalized spacial score (nSPS) is 43.9. The first-order chi connectivity index (χ1) is 6.61. The average Bonchev–Trinajstić information content (AvgIpc) is 2.19. The van der Waals surface area contributed by atoms with Crippen molar-refractivity contribution in [1.82, 2.24) is 0 Å². The maximum atomic E-state index is 9.36. The van der Waals surface area contributed by atoms with Gasteiger partial charge in [0.25, 0.3) is 0 Å². The van der Waals surface area contributed by atoms with Crippen molar-refractivity contribution in [2.75, 3.05) is 6.61 Å². The molecule has 8 heteroatoms. The molecule has 4 N–H and O–H groups in total. The van der Waals surface area contributed by atoms with Gasteiger partial charge in [0.2, 0.25) is 6.29 Å². The lowest BCUT2D eigenvalue weighted by Gasteiger charge is -2.38. The van der Waals surface area contributed by atoms with Gasteiger partial charge in [-0.15, -0.1) is 0 Å². The highest BCUT2D eigenvalue weighted by atomic mass is 33.1. The standard InChI is InChI=1S/C6H12O6S2/c7-1-2-3(8)4(9)5(10)6(11-2)12-14-13/h2-10,13H,1H2. The molecule has 0 aromatic carbocycles. The van der Waals surface area contributed by atoms with Gasteiger partial charge >= 0.3 is 0 Å². The zero-order chi connectivity index (χ0) is 10.7. The summed E-state index contributed by atoms with van der Waals surface area (Å²) in [5.41, 5.74) is 0. The molecule has 0 spiro atoms.